The zero-order valence-electron chi connectivity index (χ0n) is 15.3. The maximum absolute atomic E-state index is 12.6. The second-order valence-corrected chi connectivity index (χ2v) is 6.88. The Kier molecular flexibility index (Phi) is 4.92. The van der Waals surface area contributed by atoms with Crippen molar-refractivity contribution in [3.63, 3.8) is 0 Å². The summed E-state index contributed by atoms with van der Waals surface area (Å²) >= 11 is 0. The molecule has 0 bridgehead atoms. The number of benzene rings is 1. The minimum absolute atomic E-state index is 0.0186. The van der Waals surface area contributed by atoms with Gasteiger partial charge in [-0.15, -0.1) is 5.10 Å². The minimum Gasteiger partial charge on any atom is -0.341 e. The summed E-state index contributed by atoms with van der Waals surface area (Å²) in [4.78, 5) is 39.0. The summed E-state index contributed by atoms with van der Waals surface area (Å²) < 4.78 is 2.60. The molecule has 8 nitrogen and oxygen atoms in total. The van der Waals surface area contributed by atoms with Gasteiger partial charge in [-0.2, -0.15) is 0 Å². The third kappa shape index (κ3) is 3.66. The Morgan fingerprint density at radius 3 is 2.46 bits per heavy atom. The first-order valence-corrected chi connectivity index (χ1v) is 9.30. The van der Waals surface area contributed by atoms with Crippen molar-refractivity contribution >= 4 is 23.1 Å². The molecule has 28 heavy (non-hydrogen) atoms. The Morgan fingerprint density at radius 1 is 1.04 bits per heavy atom. The molecule has 144 valence electrons. The molecule has 2 amide bonds. The van der Waals surface area contributed by atoms with Gasteiger partial charge in [-0.05, 0) is 37.1 Å². The smallest absolute Gasteiger partial charge is 0.341 e. The molecule has 2 aromatic heterocycles. The fourth-order valence-corrected chi connectivity index (χ4v) is 3.46. The molecule has 0 aliphatic carbocycles. The van der Waals surface area contributed by atoms with Gasteiger partial charge < -0.3 is 10.2 Å². The van der Waals surface area contributed by atoms with E-state index in [1.165, 1.54) is 9.08 Å². The quantitative estimate of drug-likeness (QED) is 0.742. The van der Waals surface area contributed by atoms with Crippen molar-refractivity contribution in [1.82, 2.24) is 19.1 Å². The Hall–Kier alpha value is -3.42. The number of hydrogen-bond donors (Lipinski definition) is 1. The largest absolute Gasteiger partial charge is 0.350 e. The first-order valence-electron chi connectivity index (χ1n) is 9.30. The van der Waals surface area contributed by atoms with E-state index in [2.05, 4.69) is 10.4 Å². The van der Waals surface area contributed by atoms with Crippen LogP contribution in [0.1, 0.15) is 12.8 Å². The summed E-state index contributed by atoms with van der Waals surface area (Å²) in [6.07, 6.45) is 2.83. The Labute approximate surface area is 161 Å². The number of pyridine rings is 1. The van der Waals surface area contributed by atoms with Gasteiger partial charge in [-0.25, -0.2) is 9.48 Å². The van der Waals surface area contributed by atoms with E-state index >= 15 is 0 Å². The molecule has 8 heteroatoms. The molecule has 1 fully saturated rings. The molecule has 4 rings (SSSR count). The van der Waals surface area contributed by atoms with Crippen molar-refractivity contribution in [3.8, 4) is 0 Å². The first-order chi connectivity index (χ1) is 13.6. The lowest BCUT2D eigenvalue weighted by Gasteiger charge is -2.31. The van der Waals surface area contributed by atoms with E-state index in [4.69, 9.17) is 0 Å². The highest BCUT2D eigenvalue weighted by Gasteiger charge is 2.28. The molecule has 1 aliphatic rings. The molecule has 1 N–H and O–H groups in total. The number of rotatable bonds is 4. The van der Waals surface area contributed by atoms with Crippen molar-refractivity contribution in [3.05, 3.63) is 65.2 Å². The van der Waals surface area contributed by atoms with E-state index in [0.29, 0.717) is 31.6 Å². The molecule has 0 atom stereocenters. The molecule has 3 heterocycles. The summed E-state index contributed by atoms with van der Waals surface area (Å²) in [5, 5.41) is 7.11. The van der Waals surface area contributed by atoms with E-state index in [9.17, 15) is 14.4 Å². The normalized spacial score (nSPS) is 14.9. The Balaban J connectivity index is 1.34. The molecule has 0 spiro atoms. The summed E-state index contributed by atoms with van der Waals surface area (Å²) in [5.41, 5.74) is 0.954. The second kappa shape index (κ2) is 7.67. The third-order valence-electron chi connectivity index (χ3n) is 5.03. The topological polar surface area (TPSA) is 88.7 Å². The summed E-state index contributed by atoms with van der Waals surface area (Å²) in [6.45, 7) is 0.892. The molecule has 0 radical (unpaired) electrons. The van der Waals surface area contributed by atoms with E-state index in [-0.39, 0.29) is 30.0 Å². The highest BCUT2D eigenvalue weighted by Crippen LogP contribution is 2.19. The van der Waals surface area contributed by atoms with Crippen LogP contribution < -0.4 is 11.0 Å². The number of carbonyl (C=O) groups excluding carboxylic acids is 2. The predicted octanol–water partition coefficient (Wildman–Crippen LogP) is 1.37. The number of amides is 2. The Bertz CT molecular complexity index is 1050. The van der Waals surface area contributed by atoms with Gasteiger partial charge in [-0.1, -0.05) is 24.3 Å². The van der Waals surface area contributed by atoms with Crippen molar-refractivity contribution < 1.29 is 9.59 Å². The predicted molar refractivity (Wildman–Crippen MR) is 104 cm³/mol. The average Bonchev–Trinajstić information content (AvgIpc) is 3.04. The molecule has 1 aromatic carbocycles. The molecule has 0 unspecified atom stereocenters. The van der Waals surface area contributed by atoms with Crippen LogP contribution in [0.15, 0.2) is 59.5 Å². The maximum atomic E-state index is 12.6. The van der Waals surface area contributed by atoms with Gasteiger partial charge in [-0.3, -0.25) is 14.0 Å². The summed E-state index contributed by atoms with van der Waals surface area (Å²) in [7, 11) is 0. The van der Waals surface area contributed by atoms with Crippen LogP contribution in [-0.4, -0.2) is 44.0 Å². The number of likely N-dealkylation sites (tertiary alicyclic amines) is 1. The van der Waals surface area contributed by atoms with Crippen LogP contribution in [0, 0.1) is 5.92 Å². The number of para-hydroxylation sites is 1. The Morgan fingerprint density at radius 2 is 1.75 bits per heavy atom. The average molecular weight is 379 g/mol. The number of piperidine rings is 1. The summed E-state index contributed by atoms with van der Waals surface area (Å²) in [6, 6.07) is 14.6. The van der Waals surface area contributed by atoms with Crippen molar-refractivity contribution in [1.29, 1.82) is 0 Å². The van der Waals surface area contributed by atoms with E-state index in [1.54, 1.807) is 29.3 Å². The number of hydrogen-bond acceptors (Lipinski definition) is 4. The number of carbonyl (C=O) groups is 2. The molecule has 0 saturated carbocycles. The fraction of sp³-hybridized carbons (Fsp3) is 0.300. The molecule has 1 aliphatic heterocycles. The van der Waals surface area contributed by atoms with Crippen LogP contribution in [0.25, 0.3) is 5.65 Å². The zero-order valence-corrected chi connectivity index (χ0v) is 15.3. The van der Waals surface area contributed by atoms with Gasteiger partial charge in [0.15, 0.2) is 5.65 Å². The van der Waals surface area contributed by atoms with Crippen LogP contribution >= 0.6 is 0 Å². The standard InChI is InChI=1S/C20H21N5O3/c26-18(14-25-20(28)24-11-5-4-8-17(24)22-25)23-12-9-15(10-13-23)19(27)21-16-6-2-1-3-7-16/h1-8,11,15H,9-10,12-14H2,(H,21,27). The van der Waals surface area contributed by atoms with E-state index in [1.807, 2.05) is 30.3 Å². The monoisotopic (exact) mass is 379 g/mol. The highest BCUT2D eigenvalue weighted by molar-refractivity contribution is 5.92. The van der Waals surface area contributed by atoms with Crippen molar-refractivity contribution in [2.45, 2.75) is 19.4 Å². The van der Waals surface area contributed by atoms with E-state index in [0.717, 1.165) is 5.69 Å². The van der Waals surface area contributed by atoms with Crippen molar-refractivity contribution in [2.24, 2.45) is 5.92 Å². The number of nitrogens with zero attached hydrogens (tertiary/aromatic N) is 4. The van der Waals surface area contributed by atoms with Gasteiger partial charge in [0.25, 0.3) is 0 Å². The highest BCUT2D eigenvalue weighted by atomic mass is 16.2. The lowest BCUT2D eigenvalue weighted by molar-refractivity contribution is -0.135. The van der Waals surface area contributed by atoms with Crippen LogP contribution in [0.4, 0.5) is 5.69 Å². The molecular formula is C20H21N5O3. The van der Waals surface area contributed by atoms with Crippen LogP contribution in [0.5, 0.6) is 0 Å². The van der Waals surface area contributed by atoms with E-state index < -0.39 is 0 Å². The number of aromatic nitrogens is 3. The number of anilines is 1. The van der Waals surface area contributed by atoms with Crippen LogP contribution in [0.3, 0.4) is 0 Å². The first kappa shape index (κ1) is 18.0. The third-order valence-corrected chi connectivity index (χ3v) is 5.03. The number of fused-ring (bicyclic) bond motifs is 1. The SMILES string of the molecule is O=C(Nc1ccccc1)C1CCN(C(=O)Cn2nc3ccccn3c2=O)CC1. The molecule has 1 saturated heterocycles. The summed E-state index contributed by atoms with van der Waals surface area (Å²) in [5.74, 6) is -0.301. The molecular weight excluding hydrogens is 358 g/mol. The lowest BCUT2D eigenvalue weighted by atomic mass is 9.95. The minimum atomic E-state index is -0.332. The van der Waals surface area contributed by atoms with Crippen LogP contribution in [-0.2, 0) is 16.1 Å². The van der Waals surface area contributed by atoms with Crippen molar-refractivity contribution in [2.75, 3.05) is 18.4 Å². The van der Waals surface area contributed by atoms with Gasteiger partial charge in [0.05, 0.1) is 0 Å². The van der Waals surface area contributed by atoms with Crippen LogP contribution in [0.2, 0.25) is 0 Å². The fourth-order valence-electron chi connectivity index (χ4n) is 3.46. The second-order valence-electron chi connectivity index (χ2n) is 6.88. The van der Waals surface area contributed by atoms with Gasteiger partial charge in [0, 0.05) is 30.9 Å². The van der Waals surface area contributed by atoms with Gasteiger partial charge in [0.2, 0.25) is 11.8 Å². The molecule has 3 aromatic rings. The number of nitrogens with one attached hydrogen (secondary N) is 1. The zero-order chi connectivity index (χ0) is 19.5. The lowest BCUT2D eigenvalue weighted by Crippen LogP contribution is -2.43. The maximum Gasteiger partial charge on any atom is 0.350 e. The van der Waals surface area contributed by atoms with Gasteiger partial charge >= 0.3 is 5.69 Å². The van der Waals surface area contributed by atoms with Gasteiger partial charge in [0.1, 0.15) is 6.54 Å².